The van der Waals surface area contributed by atoms with Crippen LogP contribution < -0.4 is 14.2 Å². The van der Waals surface area contributed by atoms with Gasteiger partial charge in [0.05, 0.1) is 13.7 Å². The smallest absolute Gasteiger partial charge is 0.387 e. The molecule has 0 N–H and O–H groups in total. The zero-order valence-electron chi connectivity index (χ0n) is 14.3. The number of hydrogen-bond donors (Lipinski definition) is 0. The fraction of sp³-hybridized carbons (Fsp3) is 0.316. The van der Waals surface area contributed by atoms with E-state index in [0.717, 1.165) is 5.75 Å². The van der Waals surface area contributed by atoms with E-state index in [0.29, 0.717) is 24.3 Å². The van der Waals surface area contributed by atoms with Crippen LogP contribution in [0.3, 0.4) is 0 Å². The van der Waals surface area contributed by atoms with Crippen molar-refractivity contribution in [3.8, 4) is 17.2 Å². The lowest BCUT2D eigenvalue weighted by atomic mass is 10.2. The van der Waals surface area contributed by atoms with Gasteiger partial charge < -0.3 is 18.9 Å². The second-order valence-corrected chi connectivity index (χ2v) is 5.31. The highest BCUT2D eigenvalue weighted by atomic mass is 19.3. The molecular formula is C19H20F2O5. The van der Waals surface area contributed by atoms with Gasteiger partial charge in [-0.05, 0) is 48.4 Å². The Labute approximate surface area is 150 Å². The maximum atomic E-state index is 12.1. The molecule has 0 aromatic heterocycles. The molecule has 0 unspecified atom stereocenters. The fourth-order valence-electron chi connectivity index (χ4n) is 2.08. The molecule has 2 aromatic carbocycles. The Hall–Kier alpha value is -2.83. The third-order valence-electron chi connectivity index (χ3n) is 3.40. The molecule has 0 bridgehead atoms. The summed E-state index contributed by atoms with van der Waals surface area (Å²) < 4.78 is 44.1. The molecular weight excluding hydrogens is 346 g/mol. The number of carbonyl (C=O) groups excluding carboxylic acids is 1. The van der Waals surface area contributed by atoms with Crippen LogP contribution in [-0.2, 0) is 16.1 Å². The largest absolute Gasteiger partial charge is 0.497 e. The molecule has 0 radical (unpaired) electrons. The summed E-state index contributed by atoms with van der Waals surface area (Å²) in [5, 5.41) is 0. The molecule has 5 nitrogen and oxygen atoms in total. The lowest BCUT2D eigenvalue weighted by Crippen LogP contribution is -2.07. The summed E-state index contributed by atoms with van der Waals surface area (Å²) >= 11 is 0. The lowest BCUT2D eigenvalue weighted by Gasteiger charge is -2.08. The topological polar surface area (TPSA) is 54.0 Å². The normalized spacial score (nSPS) is 10.5. The molecule has 2 aromatic rings. The summed E-state index contributed by atoms with van der Waals surface area (Å²) in [5.41, 5.74) is 0.689. The van der Waals surface area contributed by atoms with E-state index in [1.54, 1.807) is 43.5 Å². The van der Waals surface area contributed by atoms with E-state index >= 15 is 0 Å². The summed E-state index contributed by atoms with van der Waals surface area (Å²) in [7, 11) is 1.59. The van der Waals surface area contributed by atoms with Crippen LogP contribution in [0.25, 0.3) is 0 Å². The number of rotatable bonds is 10. The molecule has 7 heteroatoms. The number of benzene rings is 2. The predicted molar refractivity (Wildman–Crippen MR) is 90.6 cm³/mol. The van der Waals surface area contributed by atoms with Crippen molar-refractivity contribution in [2.45, 2.75) is 26.1 Å². The minimum Gasteiger partial charge on any atom is -0.497 e. The fourth-order valence-corrected chi connectivity index (χ4v) is 2.08. The molecule has 0 aliphatic rings. The second kappa shape index (κ2) is 10.2. The summed E-state index contributed by atoms with van der Waals surface area (Å²) in [6.07, 6.45) is 0.745. The average molecular weight is 366 g/mol. The first-order valence-electron chi connectivity index (χ1n) is 8.03. The van der Waals surface area contributed by atoms with Crippen molar-refractivity contribution in [2.75, 3.05) is 13.7 Å². The van der Waals surface area contributed by atoms with Crippen molar-refractivity contribution in [3.05, 3.63) is 54.1 Å². The maximum absolute atomic E-state index is 12.1. The Bertz CT molecular complexity index is 671. The number of esters is 1. The number of alkyl halides is 2. The van der Waals surface area contributed by atoms with Crippen molar-refractivity contribution in [2.24, 2.45) is 0 Å². The van der Waals surface area contributed by atoms with Gasteiger partial charge in [0.15, 0.2) is 0 Å². The van der Waals surface area contributed by atoms with Gasteiger partial charge in [0, 0.05) is 6.42 Å². The highest BCUT2D eigenvalue weighted by molar-refractivity contribution is 5.69. The highest BCUT2D eigenvalue weighted by Gasteiger charge is 2.06. The van der Waals surface area contributed by atoms with E-state index in [1.807, 2.05) is 0 Å². The number of methoxy groups -OCH3 is 1. The zero-order valence-corrected chi connectivity index (χ0v) is 14.3. The summed E-state index contributed by atoms with van der Waals surface area (Å²) in [4.78, 5) is 11.7. The van der Waals surface area contributed by atoms with E-state index in [9.17, 15) is 13.6 Å². The van der Waals surface area contributed by atoms with Crippen LogP contribution in [0, 0.1) is 0 Å². The van der Waals surface area contributed by atoms with Crippen LogP contribution in [0.4, 0.5) is 8.78 Å². The third-order valence-corrected chi connectivity index (χ3v) is 3.40. The first kappa shape index (κ1) is 19.5. The molecule has 2 rings (SSSR count). The van der Waals surface area contributed by atoms with Crippen molar-refractivity contribution >= 4 is 5.97 Å². The first-order chi connectivity index (χ1) is 12.6. The van der Waals surface area contributed by atoms with Gasteiger partial charge >= 0.3 is 12.6 Å². The standard InChI is InChI=1S/C19H20F2O5/c1-23-15-8-10-16(11-9-15)24-12-2-3-18(22)25-13-14-4-6-17(7-5-14)26-19(20)21/h4-11,19H,2-3,12-13H2,1H3. The van der Waals surface area contributed by atoms with Crippen molar-refractivity contribution in [3.63, 3.8) is 0 Å². The molecule has 0 saturated heterocycles. The SMILES string of the molecule is COc1ccc(OCCCC(=O)OCc2ccc(OC(F)F)cc2)cc1. The minimum absolute atomic E-state index is 0.0609. The first-order valence-corrected chi connectivity index (χ1v) is 8.03. The Morgan fingerprint density at radius 3 is 2.19 bits per heavy atom. The average Bonchev–Trinajstić information content (AvgIpc) is 2.65. The molecule has 0 saturated carbocycles. The Morgan fingerprint density at radius 2 is 1.58 bits per heavy atom. The van der Waals surface area contributed by atoms with Gasteiger partial charge in [-0.15, -0.1) is 0 Å². The quantitative estimate of drug-likeness (QED) is 0.466. The minimum atomic E-state index is -2.86. The molecule has 0 amide bonds. The van der Waals surface area contributed by atoms with Crippen LogP contribution in [0.5, 0.6) is 17.2 Å². The Balaban J connectivity index is 1.62. The van der Waals surface area contributed by atoms with Crippen LogP contribution in [0.15, 0.2) is 48.5 Å². The van der Waals surface area contributed by atoms with Gasteiger partial charge in [-0.2, -0.15) is 8.78 Å². The van der Waals surface area contributed by atoms with Gasteiger partial charge in [-0.3, -0.25) is 4.79 Å². The summed E-state index contributed by atoms with van der Waals surface area (Å²) in [5.74, 6) is 1.15. The highest BCUT2D eigenvalue weighted by Crippen LogP contribution is 2.17. The molecule has 140 valence electrons. The maximum Gasteiger partial charge on any atom is 0.387 e. The molecule has 26 heavy (non-hydrogen) atoms. The lowest BCUT2D eigenvalue weighted by molar-refractivity contribution is -0.145. The zero-order chi connectivity index (χ0) is 18.8. The number of ether oxygens (including phenoxy) is 4. The monoisotopic (exact) mass is 366 g/mol. The van der Waals surface area contributed by atoms with E-state index in [-0.39, 0.29) is 24.7 Å². The predicted octanol–water partition coefficient (Wildman–Crippen LogP) is 4.20. The van der Waals surface area contributed by atoms with Crippen LogP contribution in [0.2, 0.25) is 0 Å². The van der Waals surface area contributed by atoms with E-state index in [4.69, 9.17) is 14.2 Å². The molecule has 0 fully saturated rings. The molecule has 0 atom stereocenters. The summed E-state index contributed by atoms with van der Waals surface area (Å²) in [6, 6.07) is 13.1. The van der Waals surface area contributed by atoms with Crippen LogP contribution in [0.1, 0.15) is 18.4 Å². The van der Waals surface area contributed by atoms with Crippen molar-refractivity contribution in [1.82, 2.24) is 0 Å². The number of carbonyl (C=O) groups is 1. The second-order valence-electron chi connectivity index (χ2n) is 5.31. The Kier molecular flexibility index (Phi) is 7.67. The van der Waals surface area contributed by atoms with Crippen LogP contribution >= 0.6 is 0 Å². The third kappa shape index (κ3) is 6.96. The van der Waals surface area contributed by atoms with Gasteiger partial charge in [0.2, 0.25) is 0 Å². The van der Waals surface area contributed by atoms with Crippen molar-refractivity contribution in [1.29, 1.82) is 0 Å². The molecule has 0 spiro atoms. The molecule has 0 aliphatic heterocycles. The summed E-state index contributed by atoms with van der Waals surface area (Å²) in [6.45, 7) is -2.40. The van der Waals surface area contributed by atoms with E-state index in [1.165, 1.54) is 12.1 Å². The van der Waals surface area contributed by atoms with Gasteiger partial charge in [0.25, 0.3) is 0 Å². The number of halogens is 2. The molecule has 0 heterocycles. The van der Waals surface area contributed by atoms with E-state index < -0.39 is 6.61 Å². The van der Waals surface area contributed by atoms with E-state index in [2.05, 4.69) is 4.74 Å². The molecule has 0 aliphatic carbocycles. The van der Waals surface area contributed by atoms with Crippen molar-refractivity contribution < 1.29 is 32.5 Å². The van der Waals surface area contributed by atoms with Gasteiger partial charge in [-0.1, -0.05) is 12.1 Å². The van der Waals surface area contributed by atoms with Gasteiger partial charge in [0.1, 0.15) is 23.9 Å². The Morgan fingerprint density at radius 1 is 0.962 bits per heavy atom. The van der Waals surface area contributed by atoms with Crippen LogP contribution in [-0.4, -0.2) is 26.3 Å². The number of hydrogen-bond acceptors (Lipinski definition) is 5. The van der Waals surface area contributed by atoms with Gasteiger partial charge in [-0.25, -0.2) is 0 Å².